The zero-order chi connectivity index (χ0) is 15.4. The fourth-order valence-corrected chi connectivity index (χ4v) is 3.45. The molecule has 0 amide bonds. The first kappa shape index (κ1) is 15.9. The lowest BCUT2D eigenvalue weighted by Gasteiger charge is -2.33. The lowest BCUT2D eigenvalue weighted by Crippen LogP contribution is -2.33. The van der Waals surface area contributed by atoms with Crippen LogP contribution < -0.4 is 4.74 Å². The highest BCUT2D eigenvalue weighted by Gasteiger charge is 2.32. The Labute approximate surface area is 129 Å². The zero-order valence-electron chi connectivity index (χ0n) is 13.8. The summed E-state index contributed by atoms with van der Waals surface area (Å²) < 4.78 is 6.31. The highest BCUT2D eigenvalue weighted by molar-refractivity contribution is 5.42. The standard InChI is InChI=1S/C19H27NO/c1-5-6-16-7-8-17(12-20)19(11-16)21-18-10-13(2)9-14(3)15(18)4/h9-10,16-17,19H,5-8,11H2,1-4H3. The van der Waals surface area contributed by atoms with E-state index in [1.807, 2.05) is 0 Å². The van der Waals surface area contributed by atoms with Gasteiger partial charge in [-0.3, -0.25) is 0 Å². The normalized spacial score (nSPS) is 25.4. The van der Waals surface area contributed by atoms with Crippen LogP contribution in [-0.4, -0.2) is 6.10 Å². The third-order valence-corrected chi connectivity index (χ3v) is 4.81. The summed E-state index contributed by atoms with van der Waals surface area (Å²) in [6.07, 6.45) is 5.72. The van der Waals surface area contributed by atoms with Gasteiger partial charge < -0.3 is 4.74 Å². The molecule has 1 aromatic rings. The molecule has 114 valence electrons. The molecule has 1 saturated carbocycles. The Hall–Kier alpha value is -1.49. The first-order valence-corrected chi connectivity index (χ1v) is 8.19. The van der Waals surface area contributed by atoms with Gasteiger partial charge in [0.25, 0.3) is 0 Å². The highest BCUT2D eigenvalue weighted by Crippen LogP contribution is 2.35. The third kappa shape index (κ3) is 3.79. The molecule has 1 aliphatic carbocycles. The van der Waals surface area contributed by atoms with E-state index in [1.165, 1.54) is 36.0 Å². The Morgan fingerprint density at radius 2 is 2.00 bits per heavy atom. The molecule has 0 saturated heterocycles. The van der Waals surface area contributed by atoms with Crippen LogP contribution in [0.3, 0.4) is 0 Å². The van der Waals surface area contributed by atoms with Crippen LogP contribution in [0.25, 0.3) is 0 Å². The van der Waals surface area contributed by atoms with E-state index in [2.05, 4.69) is 45.9 Å². The van der Waals surface area contributed by atoms with Crippen LogP contribution in [-0.2, 0) is 0 Å². The van der Waals surface area contributed by atoms with Crippen molar-refractivity contribution in [2.24, 2.45) is 11.8 Å². The van der Waals surface area contributed by atoms with E-state index in [-0.39, 0.29) is 12.0 Å². The second-order valence-corrected chi connectivity index (χ2v) is 6.56. The van der Waals surface area contributed by atoms with Crippen molar-refractivity contribution in [2.45, 2.75) is 65.9 Å². The van der Waals surface area contributed by atoms with Crippen molar-refractivity contribution in [2.75, 3.05) is 0 Å². The predicted molar refractivity (Wildman–Crippen MR) is 86.4 cm³/mol. The summed E-state index contributed by atoms with van der Waals surface area (Å²) in [6, 6.07) is 6.76. The van der Waals surface area contributed by atoms with Crippen LogP contribution in [0.5, 0.6) is 5.75 Å². The summed E-state index contributed by atoms with van der Waals surface area (Å²) in [5, 5.41) is 9.40. The van der Waals surface area contributed by atoms with Crippen LogP contribution in [0.2, 0.25) is 0 Å². The van der Waals surface area contributed by atoms with Crippen molar-refractivity contribution in [3.05, 3.63) is 28.8 Å². The lowest BCUT2D eigenvalue weighted by atomic mass is 9.78. The van der Waals surface area contributed by atoms with Gasteiger partial charge >= 0.3 is 0 Å². The Kier molecular flexibility index (Phi) is 5.28. The van der Waals surface area contributed by atoms with E-state index in [9.17, 15) is 5.26 Å². The number of benzene rings is 1. The van der Waals surface area contributed by atoms with E-state index in [4.69, 9.17) is 4.74 Å². The minimum atomic E-state index is 0.0401. The summed E-state index contributed by atoms with van der Waals surface area (Å²) >= 11 is 0. The van der Waals surface area contributed by atoms with Gasteiger partial charge in [-0.15, -0.1) is 0 Å². The Bertz CT molecular complexity index is 529. The monoisotopic (exact) mass is 285 g/mol. The largest absolute Gasteiger partial charge is 0.489 e. The fourth-order valence-electron chi connectivity index (χ4n) is 3.45. The number of rotatable bonds is 4. The third-order valence-electron chi connectivity index (χ3n) is 4.81. The van der Waals surface area contributed by atoms with Gasteiger partial charge in [0.05, 0.1) is 12.0 Å². The Balaban J connectivity index is 2.17. The summed E-state index contributed by atoms with van der Waals surface area (Å²) in [5.41, 5.74) is 3.69. The maximum absolute atomic E-state index is 9.40. The first-order valence-electron chi connectivity index (χ1n) is 8.19. The second-order valence-electron chi connectivity index (χ2n) is 6.56. The molecule has 0 aromatic heterocycles. The predicted octanol–water partition coefficient (Wildman–Crippen LogP) is 5.10. The number of ether oxygens (including phenoxy) is 1. The lowest BCUT2D eigenvalue weighted by molar-refractivity contribution is 0.0868. The van der Waals surface area contributed by atoms with Gasteiger partial charge in [-0.1, -0.05) is 25.8 Å². The molecule has 0 aliphatic heterocycles. The van der Waals surface area contributed by atoms with Crippen molar-refractivity contribution in [3.8, 4) is 11.8 Å². The molecule has 2 heteroatoms. The van der Waals surface area contributed by atoms with Gasteiger partial charge in [0, 0.05) is 0 Å². The molecule has 1 aliphatic rings. The summed E-state index contributed by atoms with van der Waals surface area (Å²) in [5.74, 6) is 1.73. The number of nitrogens with zero attached hydrogens (tertiary/aromatic N) is 1. The molecule has 0 spiro atoms. The maximum atomic E-state index is 9.40. The Morgan fingerprint density at radius 1 is 1.24 bits per heavy atom. The molecular weight excluding hydrogens is 258 g/mol. The second kappa shape index (κ2) is 6.98. The topological polar surface area (TPSA) is 33.0 Å². The average Bonchev–Trinajstić information content (AvgIpc) is 2.45. The van der Waals surface area contributed by atoms with Crippen LogP contribution in [0.1, 0.15) is 55.7 Å². The first-order chi connectivity index (χ1) is 10.0. The van der Waals surface area contributed by atoms with Crippen molar-refractivity contribution in [1.82, 2.24) is 0 Å². The molecule has 0 heterocycles. The molecule has 2 nitrogen and oxygen atoms in total. The number of nitriles is 1. The minimum absolute atomic E-state index is 0.0401. The van der Waals surface area contributed by atoms with E-state index in [0.717, 1.165) is 24.5 Å². The fraction of sp³-hybridized carbons (Fsp3) is 0.632. The van der Waals surface area contributed by atoms with Crippen LogP contribution >= 0.6 is 0 Å². The van der Waals surface area contributed by atoms with Crippen molar-refractivity contribution < 1.29 is 4.74 Å². The smallest absolute Gasteiger partial charge is 0.123 e. The zero-order valence-corrected chi connectivity index (χ0v) is 13.8. The van der Waals surface area contributed by atoms with Gasteiger partial charge in [0.1, 0.15) is 11.9 Å². The molecular formula is C19H27NO. The van der Waals surface area contributed by atoms with E-state index >= 15 is 0 Å². The van der Waals surface area contributed by atoms with Crippen molar-refractivity contribution in [1.29, 1.82) is 5.26 Å². The van der Waals surface area contributed by atoms with E-state index in [0.29, 0.717) is 0 Å². The molecule has 0 bridgehead atoms. The van der Waals surface area contributed by atoms with Gasteiger partial charge in [0.2, 0.25) is 0 Å². The van der Waals surface area contributed by atoms with Crippen LogP contribution in [0, 0.1) is 43.9 Å². The van der Waals surface area contributed by atoms with Crippen LogP contribution in [0.4, 0.5) is 0 Å². The van der Waals surface area contributed by atoms with Gasteiger partial charge in [-0.2, -0.15) is 5.26 Å². The average molecular weight is 285 g/mol. The summed E-state index contributed by atoms with van der Waals surface area (Å²) in [7, 11) is 0. The number of hydrogen-bond acceptors (Lipinski definition) is 2. The molecule has 2 rings (SSSR count). The molecule has 3 unspecified atom stereocenters. The van der Waals surface area contributed by atoms with Crippen LogP contribution in [0.15, 0.2) is 12.1 Å². The molecule has 1 aromatic carbocycles. The molecule has 0 radical (unpaired) electrons. The molecule has 21 heavy (non-hydrogen) atoms. The molecule has 0 N–H and O–H groups in total. The van der Waals surface area contributed by atoms with Gasteiger partial charge in [-0.05, 0) is 68.7 Å². The number of hydrogen-bond donors (Lipinski definition) is 0. The number of aryl methyl sites for hydroxylation is 2. The minimum Gasteiger partial charge on any atom is -0.489 e. The van der Waals surface area contributed by atoms with Gasteiger partial charge in [0.15, 0.2) is 0 Å². The SMILES string of the molecule is CCCC1CCC(C#N)C(Oc2cc(C)cc(C)c2C)C1. The maximum Gasteiger partial charge on any atom is 0.123 e. The van der Waals surface area contributed by atoms with E-state index in [1.54, 1.807) is 0 Å². The summed E-state index contributed by atoms with van der Waals surface area (Å²) in [6.45, 7) is 8.57. The highest BCUT2D eigenvalue weighted by atomic mass is 16.5. The summed E-state index contributed by atoms with van der Waals surface area (Å²) in [4.78, 5) is 0. The van der Waals surface area contributed by atoms with E-state index < -0.39 is 0 Å². The Morgan fingerprint density at radius 3 is 2.67 bits per heavy atom. The molecule has 3 atom stereocenters. The van der Waals surface area contributed by atoms with Crippen molar-refractivity contribution in [3.63, 3.8) is 0 Å². The quantitative estimate of drug-likeness (QED) is 0.771. The van der Waals surface area contributed by atoms with Crippen molar-refractivity contribution >= 4 is 0 Å². The molecule has 1 fully saturated rings. The van der Waals surface area contributed by atoms with Gasteiger partial charge in [-0.25, -0.2) is 0 Å².